The Balaban J connectivity index is 1.24. The molecule has 1 saturated heterocycles. The molecule has 1 aromatic heterocycles. The summed E-state index contributed by atoms with van der Waals surface area (Å²) in [6.07, 6.45) is 6.71. The van der Waals surface area contributed by atoms with Crippen molar-refractivity contribution in [1.82, 2.24) is 5.01 Å². The molecule has 2 bridgehead atoms. The van der Waals surface area contributed by atoms with Crippen LogP contribution in [0.25, 0.3) is 11.3 Å². The highest BCUT2D eigenvalue weighted by atomic mass is 16.6. The van der Waals surface area contributed by atoms with E-state index in [1.165, 1.54) is 18.3 Å². The summed E-state index contributed by atoms with van der Waals surface area (Å²) in [7, 11) is 0. The fourth-order valence-electron chi connectivity index (χ4n) is 5.52. The van der Waals surface area contributed by atoms with Crippen molar-refractivity contribution in [2.24, 2.45) is 40.6 Å². The van der Waals surface area contributed by atoms with Crippen LogP contribution in [0.3, 0.4) is 0 Å². The van der Waals surface area contributed by atoms with E-state index in [9.17, 15) is 19.7 Å². The largest absolute Gasteiger partial charge is 0.455 e. The molecule has 7 rings (SSSR count). The lowest BCUT2D eigenvalue weighted by atomic mass is 9.63. The summed E-state index contributed by atoms with van der Waals surface area (Å²) < 4.78 is 5.70. The molecule has 30 heavy (non-hydrogen) atoms. The highest BCUT2D eigenvalue weighted by molar-refractivity contribution is 6.06. The second kappa shape index (κ2) is 5.98. The Hall–Kier alpha value is -3.55. The van der Waals surface area contributed by atoms with Gasteiger partial charge >= 0.3 is 0 Å². The Morgan fingerprint density at radius 3 is 2.43 bits per heavy atom. The van der Waals surface area contributed by atoms with Gasteiger partial charge in [0, 0.05) is 17.7 Å². The molecular weight excluding hydrogens is 386 g/mol. The summed E-state index contributed by atoms with van der Waals surface area (Å²) in [6.45, 7) is 0. The van der Waals surface area contributed by atoms with Crippen LogP contribution in [0.5, 0.6) is 0 Å². The first-order chi connectivity index (χ1) is 14.5. The number of carbonyl (C=O) groups is 2. The summed E-state index contributed by atoms with van der Waals surface area (Å²) in [5.74, 6) is 1.18. The van der Waals surface area contributed by atoms with Gasteiger partial charge in [-0.15, -0.1) is 0 Å². The van der Waals surface area contributed by atoms with Crippen molar-refractivity contribution in [1.29, 1.82) is 0 Å². The van der Waals surface area contributed by atoms with Gasteiger partial charge in [0.1, 0.15) is 11.5 Å². The lowest BCUT2D eigenvalue weighted by Gasteiger charge is -2.37. The maximum absolute atomic E-state index is 12.9. The number of non-ortho nitro benzene ring substituents is 1. The van der Waals surface area contributed by atoms with E-state index in [0.29, 0.717) is 28.9 Å². The SMILES string of the molecule is O=C1[C@@H]2[C@H]3C=C[C@@H]([C@@H]4C[C@@H]34)[C@H]2C(=O)N1/N=C\c1ccc(-c2cccc([N+](=O)[O-])c2)o1. The molecule has 1 aromatic carbocycles. The second-order valence-electron chi connectivity index (χ2n) is 8.40. The molecule has 4 aliphatic carbocycles. The average molecular weight is 403 g/mol. The minimum Gasteiger partial charge on any atom is -0.455 e. The number of imide groups is 1. The minimum atomic E-state index is -0.467. The van der Waals surface area contributed by atoms with Crippen LogP contribution in [0.15, 0.2) is 58.1 Å². The molecule has 8 heteroatoms. The van der Waals surface area contributed by atoms with Gasteiger partial charge in [-0.1, -0.05) is 24.3 Å². The molecule has 5 aliphatic rings. The Bertz CT molecular complexity index is 1130. The van der Waals surface area contributed by atoms with Gasteiger partial charge < -0.3 is 4.42 Å². The normalized spacial score (nSPS) is 33.3. The van der Waals surface area contributed by atoms with E-state index in [1.807, 2.05) is 0 Å². The molecule has 2 heterocycles. The highest BCUT2D eigenvalue weighted by Gasteiger charge is 2.67. The molecule has 3 fully saturated rings. The molecule has 150 valence electrons. The fourth-order valence-corrected chi connectivity index (χ4v) is 5.52. The molecule has 0 unspecified atom stereocenters. The third-order valence-electron chi connectivity index (χ3n) is 6.91. The van der Waals surface area contributed by atoms with Crippen molar-refractivity contribution >= 4 is 23.7 Å². The maximum atomic E-state index is 12.9. The fraction of sp³-hybridized carbons (Fsp3) is 0.318. The molecule has 1 aliphatic heterocycles. The summed E-state index contributed by atoms with van der Waals surface area (Å²) in [6, 6.07) is 9.44. The van der Waals surface area contributed by atoms with Crippen molar-refractivity contribution in [3.63, 3.8) is 0 Å². The molecule has 0 radical (unpaired) electrons. The van der Waals surface area contributed by atoms with Gasteiger partial charge in [0.2, 0.25) is 0 Å². The average Bonchev–Trinajstić information content (AvgIpc) is 3.39. The van der Waals surface area contributed by atoms with E-state index in [4.69, 9.17) is 4.42 Å². The molecule has 2 aromatic rings. The lowest BCUT2D eigenvalue weighted by molar-refractivity contribution is -0.384. The Morgan fingerprint density at radius 1 is 1.07 bits per heavy atom. The highest BCUT2D eigenvalue weighted by Crippen LogP contribution is 2.65. The summed E-state index contributed by atoms with van der Waals surface area (Å²) in [4.78, 5) is 36.3. The summed E-state index contributed by atoms with van der Waals surface area (Å²) in [5, 5.41) is 16.1. The van der Waals surface area contributed by atoms with E-state index in [2.05, 4.69) is 17.3 Å². The second-order valence-corrected chi connectivity index (χ2v) is 8.40. The molecule has 0 N–H and O–H groups in total. The number of nitrogens with zero attached hydrogens (tertiary/aromatic N) is 3. The number of furan rings is 1. The monoisotopic (exact) mass is 403 g/mol. The topological polar surface area (TPSA) is 106 Å². The quantitative estimate of drug-likeness (QED) is 0.256. The smallest absolute Gasteiger partial charge is 0.270 e. The zero-order chi connectivity index (χ0) is 20.6. The minimum absolute atomic E-state index is 0.0312. The zero-order valence-electron chi connectivity index (χ0n) is 15.8. The van der Waals surface area contributed by atoms with Gasteiger partial charge in [-0.05, 0) is 42.2 Å². The molecule has 8 nitrogen and oxygen atoms in total. The predicted molar refractivity (Wildman–Crippen MR) is 105 cm³/mol. The number of allylic oxidation sites excluding steroid dienone is 2. The van der Waals surface area contributed by atoms with Gasteiger partial charge in [0.15, 0.2) is 0 Å². The van der Waals surface area contributed by atoms with Gasteiger partial charge in [0.05, 0.1) is 23.0 Å². The van der Waals surface area contributed by atoms with Crippen molar-refractivity contribution in [2.75, 3.05) is 0 Å². The summed E-state index contributed by atoms with van der Waals surface area (Å²) >= 11 is 0. The first-order valence-electron chi connectivity index (χ1n) is 9.98. The van der Waals surface area contributed by atoms with E-state index in [-0.39, 0.29) is 41.2 Å². The van der Waals surface area contributed by atoms with Crippen LogP contribution in [-0.2, 0) is 9.59 Å². The maximum Gasteiger partial charge on any atom is 0.270 e. The summed E-state index contributed by atoms with van der Waals surface area (Å²) in [5.41, 5.74) is 0.529. The van der Waals surface area contributed by atoms with E-state index >= 15 is 0 Å². The lowest BCUT2D eigenvalue weighted by Crippen LogP contribution is -2.40. The van der Waals surface area contributed by atoms with Crippen LogP contribution < -0.4 is 0 Å². The van der Waals surface area contributed by atoms with Crippen molar-refractivity contribution in [3.8, 4) is 11.3 Å². The predicted octanol–water partition coefficient (Wildman–Crippen LogP) is 3.24. The molecule has 2 amide bonds. The Morgan fingerprint density at radius 2 is 1.77 bits per heavy atom. The van der Waals surface area contributed by atoms with Crippen LogP contribution in [-0.4, -0.2) is 28.0 Å². The molecule has 2 saturated carbocycles. The van der Waals surface area contributed by atoms with Gasteiger partial charge in [-0.25, -0.2) is 0 Å². The molecule has 6 atom stereocenters. The number of hydrogen-bond acceptors (Lipinski definition) is 6. The van der Waals surface area contributed by atoms with Crippen LogP contribution in [0.1, 0.15) is 12.2 Å². The van der Waals surface area contributed by atoms with Crippen molar-refractivity contribution in [2.45, 2.75) is 6.42 Å². The van der Waals surface area contributed by atoms with E-state index < -0.39 is 4.92 Å². The molecular formula is C22H17N3O5. The van der Waals surface area contributed by atoms with Crippen molar-refractivity contribution < 1.29 is 18.9 Å². The van der Waals surface area contributed by atoms with Gasteiger partial charge in [-0.3, -0.25) is 19.7 Å². The van der Waals surface area contributed by atoms with Gasteiger partial charge in [0.25, 0.3) is 17.5 Å². The number of benzene rings is 1. The standard InChI is InChI=1S/C22H17N3O5/c26-21-19-14-5-6-15(17-9-16(14)17)20(19)22(27)24(21)23-10-13-4-7-18(30-13)11-2-1-3-12(8-11)25(28)29/h1-8,10,14-17,19-20H,9H2/b23-10-/t14-,15-,16-,17-,19+,20+/m0/s1. The number of hydrogen-bond donors (Lipinski definition) is 0. The first-order valence-corrected chi connectivity index (χ1v) is 9.98. The third kappa shape index (κ3) is 2.36. The number of amides is 2. The van der Waals surface area contributed by atoms with E-state index in [0.717, 1.165) is 11.4 Å². The first kappa shape index (κ1) is 17.3. The number of nitro groups is 1. The number of carbonyl (C=O) groups excluding carboxylic acids is 2. The van der Waals surface area contributed by atoms with Gasteiger partial charge in [-0.2, -0.15) is 10.1 Å². The van der Waals surface area contributed by atoms with E-state index in [1.54, 1.807) is 24.3 Å². The zero-order valence-corrected chi connectivity index (χ0v) is 15.8. The van der Waals surface area contributed by atoms with Crippen LogP contribution in [0.2, 0.25) is 0 Å². The van der Waals surface area contributed by atoms with Crippen LogP contribution >= 0.6 is 0 Å². The number of nitro benzene ring substituents is 1. The molecule has 0 spiro atoms. The van der Waals surface area contributed by atoms with Crippen LogP contribution in [0.4, 0.5) is 5.69 Å². The Kier molecular flexibility index (Phi) is 3.45. The Labute approximate surface area is 171 Å². The van der Waals surface area contributed by atoms with Crippen LogP contribution in [0, 0.1) is 45.6 Å². The number of hydrazone groups is 1. The van der Waals surface area contributed by atoms with Crippen molar-refractivity contribution in [3.05, 3.63) is 64.4 Å². The third-order valence-corrected chi connectivity index (χ3v) is 6.91. The number of rotatable bonds is 4.